The molecule has 0 N–H and O–H groups in total. The van der Waals surface area contributed by atoms with E-state index < -0.39 is 0 Å². The molecule has 0 amide bonds. The molecule has 0 heterocycles. The standard InChI is InChI=1S/C12H5Br5O/c13-6-1-7(14)3-9(2-6)18-12-10(16)4-8(15)5-11(12)17/h1-5H. The van der Waals surface area contributed by atoms with Crippen LogP contribution in [0.1, 0.15) is 0 Å². The Hall–Kier alpha value is 0.640. The first-order valence-electron chi connectivity index (χ1n) is 4.74. The third kappa shape index (κ3) is 3.82. The number of halogens is 5. The smallest absolute Gasteiger partial charge is 0.155 e. The number of hydrogen-bond donors (Lipinski definition) is 0. The molecule has 18 heavy (non-hydrogen) atoms. The Bertz CT molecular complexity index is 554. The van der Waals surface area contributed by atoms with Gasteiger partial charge < -0.3 is 4.74 Å². The van der Waals surface area contributed by atoms with E-state index in [1.165, 1.54) is 0 Å². The van der Waals surface area contributed by atoms with Crippen molar-refractivity contribution in [1.82, 2.24) is 0 Å². The van der Waals surface area contributed by atoms with Crippen LogP contribution in [0.5, 0.6) is 11.5 Å². The van der Waals surface area contributed by atoms with Crippen LogP contribution in [0.4, 0.5) is 0 Å². The predicted molar refractivity (Wildman–Crippen MR) is 91.5 cm³/mol. The molecule has 6 heteroatoms. The van der Waals surface area contributed by atoms with Crippen molar-refractivity contribution in [2.45, 2.75) is 0 Å². The van der Waals surface area contributed by atoms with Gasteiger partial charge in [0.05, 0.1) is 8.95 Å². The minimum atomic E-state index is 0.739. The van der Waals surface area contributed by atoms with Crippen LogP contribution in [0.3, 0.4) is 0 Å². The van der Waals surface area contributed by atoms with E-state index in [2.05, 4.69) is 79.6 Å². The highest BCUT2D eigenvalue weighted by atomic mass is 79.9. The van der Waals surface area contributed by atoms with Gasteiger partial charge in [-0.1, -0.05) is 47.8 Å². The average molecular weight is 565 g/mol. The van der Waals surface area contributed by atoms with Crippen molar-refractivity contribution < 1.29 is 4.74 Å². The summed E-state index contributed by atoms with van der Waals surface area (Å²) in [4.78, 5) is 0. The normalized spacial score (nSPS) is 10.5. The molecule has 2 aromatic rings. The van der Waals surface area contributed by atoms with Crippen molar-refractivity contribution in [3.05, 3.63) is 52.7 Å². The Morgan fingerprint density at radius 3 is 1.56 bits per heavy atom. The Labute approximate surface area is 147 Å². The van der Waals surface area contributed by atoms with E-state index in [0.29, 0.717) is 0 Å². The molecule has 0 bridgehead atoms. The number of benzene rings is 2. The molecule has 0 aliphatic heterocycles. The zero-order valence-electron chi connectivity index (χ0n) is 8.68. The highest BCUT2D eigenvalue weighted by Crippen LogP contribution is 2.40. The highest BCUT2D eigenvalue weighted by Gasteiger charge is 2.10. The van der Waals surface area contributed by atoms with Crippen LogP contribution in [0, 0.1) is 0 Å². The summed E-state index contributed by atoms with van der Waals surface area (Å²) in [6.07, 6.45) is 0. The molecule has 94 valence electrons. The number of ether oxygens (including phenoxy) is 1. The van der Waals surface area contributed by atoms with Crippen LogP contribution >= 0.6 is 79.6 Å². The molecule has 2 aromatic carbocycles. The first-order chi connectivity index (χ1) is 8.45. The summed E-state index contributed by atoms with van der Waals surface area (Å²) in [5.41, 5.74) is 0. The molecule has 0 aliphatic carbocycles. The molecule has 1 nitrogen and oxygen atoms in total. The van der Waals surface area contributed by atoms with Crippen molar-refractivity contribution in [3.8, 4) is 11.5 Å². The monoisotopic (exact) mass is 560 g/mol. The molecule has 0 fully saturated rings. The van der Waals surface area contributed by atoms with Crippen LogP contribution < -0.4 is 4.74 Å². The average Bonchev–Trinajstić information content (AvgIpc) is 2.22. The summed E-state index contributed by atoms with van der Waals surface area (Å²) in [5, 5.41) is 0. The SMILES string of the molecule is Brc1cc(Br)cc(Oc2c(Br)cc(Br)cc2Br)c1. The summed E-state index contributed by atoms with van der Waals surface area (Å²) < 4.78 is 10.5. The van der Waals surface area contributed by atoms with Crippen molar-refractivity contribution in [2.75, 3.05) is 0 Å². The Morgan fingerprint density at radius 1 is 0.611 bits per heavy atom. The maximum absolute atomic E-state index is 5.88. The summed E-state index contributed by atoms with van der Waals surface area (Å²) >= 11 is 17.3. The predicted octanol–water partition coefficient (Wildman–Crippen LogP) is 7.29. The lowest BCUT2D eigenvalue weighted by Gasteiger charge is -2.11. The summed E-state index contributed by atoms with van der Waals surface area (Å²) in [6, 6.07) is 9.65. The number of hydrogen-bond acceptors (Lipinski definition) is 1. The minimum Gasteiger partial charge on any atom is -0.455 e. The fourth-order valence-electron chi connectivity index (χ4n) is 1.33. The molecule has 0 unspecified atom stereocenters. The largest absolute Gasteiger partial charge is 0.455 e. The zero-order chi connectivity index (χ0) is 13.3. The van der Waals surface area contributed by atoms with Gasteiger partial charge in [0.1, 0.15) is 5.75 Å². The zero-order valence-corrected chi connectivity index (χ0v) is 16.6. The maximum Gasteiger partial charge on any atom is 0.155 e. The quantitative estimate of drug-likeness (QED) is 0.372. The third-order valence-electron chi connectivity index (χ3n) is 2.02. The lowest BCUT2D eigenvalue weighted by molar-refractivity contribution is 0.476. The lowest BCUT2D eigenvalue weighted by atomic mass is 10.3. The molecule has 0 radical (unpaired) electrons. The summed E-state index contributed by atoms with van der Waals surface area (Å²) in [6.45, 7) is 0. The van der Waals surface area contributed by atoms with Gasteiger partial charge in [0.2, 0.25) is 0 Å². The molecule has 0 saturated heterocycles. The van der Waals surface area contributed by atoms with E-state index in [9.17, 15) is 0 Å². The first kappa shape index (κ1) is 15.0. The summed E-state index contributed by atoms with van der Waals surface area (Å²) in [7, 11) is 0. The van der Waals surface area contributed by atoms with Gasteiger partial charge in [-0.3, -0.25) is 0 Å². The first-order valence-corrected chi connectivity index (χ1v) is 8.70. The van der Waals surface area contributed by atoms with Crippen LogP contribution in [0.25, 0.3) is 0 Å². The molecule has 0 spiro atoms. The maximum atomic E-state index is 5.88. The van der Waals surface area contributed by atoms with E-state index in [-0.39, 0.29) is 0 Å². The summed E-state index contributed by atoms with van der Waals surface area (Å²) in [5.74, 6) is 1.49. The Kier molecular flexibility index (Phi) is 5.34. The van der Waals surface area contributed by atoms with Crippen LogP contribution in [0.2, 0.25) is 0 Å². The fourth-order valence-corrected chi connectivity index (χ4v) is 5.00. The third-order valence-corrected chi connectivity index (χ3v) is 4.57. The van der Waals surface area contributed by atoms with Crippen molar-refractivity contribution in [1.29, 1.82) is 0 Å². The molecule has 0 aromatic heterocycles. The van der Waals surface area contributed by atoms with Gasteiger partial charge in [0.25, 0.3) is 0 Å². The van der Waals surface area contributed by atoms with Gasteiger partial charge >= 0.3 is 0 Å². The molecule has 0 atom stereocenters. The van der Waals surface area contributed by atoms with E-state index in [4.69, 9.17) is 4.74 Å². The van der Waals surface area contributed by atoms with Gasteiger partial charge in [-0.05, 0) is 62.2 Å². The Morgan fingerprint density at radius 2 is 1.06 bits per heavy atom. The molecule has 2 rings (SSSR count). The second-order valence-corrected chi connectivity index (χ2v) is 7.86. The van der Waals surface area contributed by atoms with Gasteiger partial charge in [-0.15, -0.1) is 0 Å². The molecule has 0 aliphatic rings. The van der Waals surface area contributed by atoms with E-state index in [1.54, 1.807) is 0 Å². The molecular weight excluding hydrogens is 560 g/mol. The van der Waals surface area contributed by atoms with Gasteiger partial charge in [0.15, 0.2) is 5.75 Å². The fraction of sp³-hybridized carbons (Fsp3) is 0. The number of rotatable bonds is 2. The highest BCUT2D eigenvalue weighted by molar-refractivity contribution is 9.12. The van der Waals surface area contributed by atoms with Crippen molar-refractivity contribution in [2.24, 2.45) is 0 Å². The van der Waals surface area contributed by atoms with E-state index >= 15 is 0 Å². The van der Waals surface area contributed by atoms with Crippen LogP contribution in [-0.2, 0) is 0 Å². The van der Waals surface area contributed by atoms with Gasteiger partial charge in [-0.2, -0.15) is 0 Å². The van der Waals surface area contributed by atoms with Gasteiger partial charge in [-0.25, -0.2) is 0 Å². The Balaban J connectivity index is 2.40. The van der Waals surface area contributed by atoms with Gasteiger partial charge in [0, 0.05) is 13.4 Å². The minimum absolute atomic E-state index is 0.739. The van der Waals surface area contributed by atoms with Crippen molar-refractivity contribution in [3.63, 3.8) is 0 Å². The molecular formula is C12H5Br5O. The topological polar surface area (TPSA) is 9.23 Å². The second kappa shape index (κ2) is 6.39. The van der Waals surface area contributed by atoms with E-state index in [0.717, 1.165) is 33.9 Å². The van der Waals surface area contributed by atoms with Crippen LogP contribution in [0.15, 0.2) is 52.7 Å². The van der Waals surface area contributed by atoms with Crippen molar-refractivity contribution >= 4 is 79.6 Å². The second-order valence-electron chi connectivity index (χ2n) is 3.41. The van der Waals surface area contributed by atoms with Crippen LogP contribution in [-0.4, -0.2) is 0 Å². The molecule has 0 saturated carbocycles. The van der Waals surface area contributed by atoms with E-state index in [1.807, 2.05) is 30.3 Å². The lowest BCUT2D eigenvalue weighted by Crippen LogP contribution is -1.88.